The Balaban J connectivity index is 1.60. The highest BCUT2D eigenvalue weighted by Gasteiger charge is 2.16. The summed E-state index contributed by atoms with van der Waals surface area (Å²) in [6.07, 6.45) is 5.11. The van der Waals surface area contributed by atoms with Crippen LogP contribution < -0.4 is 9.64 Å². The van der Waals surface area contributed by atoms with Crippen LogP contribution in [0.3, 0.4) is 0 Å². The van der Waals surface area contributed by atoms with Gasteiger partial charge in [0.25, 0.3) is 0 Å². The maximum absolute atomic E-state index is 5.24. The van der Waals surface area contributed by atoms with Gasteiger partial charge >= 0.3 is 0 Å². The molecule has 0 amide bonds. The number of ether oxygens (including phenoxy) is 1. The van der Waals surface area contributed by atoms with Gasteiger partial charge in [-0.15, -0.1) is 0 Å². The van der Waals surface area contributed by atoms with Crippen molar-refractivity contribution in [3.8, 4) is 5.75 Å². The monoisotopic (exact) mass is 314 g/mol. The second-order valence-corrected chi connectivity index (χ2v) is 5.99. The first-order valence-electron chi connectivity index (χ1n) is 8.40. The van der Waals surface area contributed by atoms with E-state index in [0.29, 0.717) is 0 Å². The fourth-order valence-corrected chi connectivity index (χ4v) is 3.17. The van der Waals surface area contributed by atoms with E-state index in [1.807, 2.05) is 24.7 Å². The Labute approximate surface area is 138 Å². The van der Waals surface area contributed by atoms with E-state index < -0.39 is 0 Å². The Hall–Kier alpha value is -2.01. The third-order valence-corrected chi connectivity index (χ3v) is 4.55. The van der Waals surface area contributed by atoms with E-state index >= 15 is 0 Å². The van der Waals surface area contributed by atoms with Crippen LogP contribution in [0.15, 0.2) is 36.8 Å². The Morgan fingerprint density at radius 1 is 1.09 bits per heavy atom. The van der Waals surface area contributed by atoms with E-state index in [-0.39, 0.29) is 0 Å². The predicted octanol–water partition coefficient (Wildman–Crippen LogP) is 2.62. The third-order valence-electron chi connectivity index (χ3n) is 4.55. The van der Waals surface area contributed by atoms with Crippen LogP contribution in [-0.2, 0) is 13.1 Å². The molecular formula is C18H26N4O. The minimum Gasteiger partial charge on any atom is -0.497 e. The van der Waals surface area contributed by atoms with Gasteiger partial charge in [-0.3, -0.25) is 4.90 Å². The molecule has 0 radical (unpaired) electrons. The van der Waals surface area contributed by atoms with Gasteiger partial charge in [0.2, 0.25) is 0 Å². The molecular weight excluding hydrogens is 288 g/mol. The van der Waals surface area contributed by atoms with Crippen molar-refractivity contribution < 1.29 is 4.74 Å². The molecule has 1 aromatic heterocycles. The highest BCUT2D eigenvalue weighted by atomic mass is 16.5. The molecule has 1 aliphatic heterocycles. The van der Waals surface area contributed by atoms with Crippen LogP contribution >= 0.6 is 0 Å². The second-order valence-electron chi connectivity index (χ2n) is 5.99. The number of hydrogen-bond acceptors (Lipinski definition) is 4. The Kier molecular flexibility index (Phi) is 5.18. The van der Waals surface area contributed by atoms with Gasteiger partial charge in [-0.05, 0) is 37.6 Å². The van der Waals surface area contributed by atoms with Crippen LogP contribution in [0.25, 0.3) is 0 Å². The molecule has 1 saturated heterocycles. The minimum absolute atomic E-state index is 0.915. The molecule has 0 atom stereocenters. The van der Waals surface area contributed by atoms with Crippen molar-refractivity contribution in [2.45, 2.75) is 26.4 Å². The standard InChI is InChI=1S/C18H26N4O/c1-3-21-15-19-13-17(21)14-20-9-4-10-22(12-11-20)16-5-7-18(23-2)8-6-16/h5-8,13,15H,3-4,9-12,14H2,1-2H3. The first kappa shape index (κ1) is 15.9. The Morgan fingerprint density at radius 3 is 2.65 bits per heavy atom. The second kappa shape index (κ2) is 7.51. The lowest BCUT2D eigenvalue weighted by Gasteiger charge is -2.24. The highest BCUT2D eigenvalue weighted by molar-refractivity contribution is 5.49. The molecule has 0 aliphatic carbocycles. The molecule has 2 heterocycles. The Bertz CT molecular complexity index is 608. The van der Waals surface area contributed by atoms with Crippen LogP contribution in [0.5, 0.6) is 5.75 Å². The van der Waals surface area contributed by atoms with E-state index in [4.69, 9.17) is 4.74 Å². The molecule has 1 aliphatic rings. The molecule has 0 unspecified atom stereocenters. The van der Waals surface area contributed by atoms with Gasteiger partial charge in [0.1, 0.15) is 5.75 Å². The normalized spacial score (nSPS) is 16.3. The summed E-state index contributed by atoms with van der Waals surface area (Å²) in [6, 6.07) is 8.39. The number of nitrogens with zero attached hydrogens (tertiary/aromatic N) is 4. The average molecular weight is 314 g/mol. The van der Waals surface area contributed by atoms with Crippen LogP contribution in [0.4, 0.5) is 5.69 Å². The summed E-state index contributed by atoms with van der Waals surface area (Å²) in [4.78, 5) is 9.28. The summed E-state index contributed by atoms with van der Waals surface area (Å²) >= 11 is 0. The van der Waals surface area contributed by atoms with Crippen LogP contribution in [0, 0.1) is 0 Å². The van der Waals surface area contributed by atoms with E-state index in [9.17, 15) is 0 Å². The van der Waals surface area contributed by atoms with Gasteiger partial charge in [0, 0.05) is 51.2 Å². The summed E-state index contributed by atoms with van der Waals surface area (Å²) in [6.45, 7) is 8.54. The predicted molar refractivity (Wildman–Crippen MR) is 93.0 cm³/mol. The third kappa shape index (κ3) is 3.85. The van der Waals surface area contributed by atoms with Crippen molar-refractivity contribution in [3.63, 3.8) is 0 Å². The smallest absolute Gasteiger partial charge is 0.119 e. The quantitative estimate of drug-likeness (QED) is 0.849. The molecule has 0 bridgehead atoms. The number of rotatable bonds is 5. The summed E-state index contributed by atoms with van der Waals surface area (Å²) in [5.41, 5.74) is 2.59. The molecule has 0 saturated carbocycles. The molecule has 5 nitrogen and oxygen atoms in total. The molecule has 124 valence electrons. The maximum Gasteiger partial charge on any atom is 0.119 e. The van der Waals surface area contributed by atoms with Gasteiger partial charge in [0.05, 0.1) is 19.1 Å². The van der Waals surface area contributed by atoms with Crippen molar-refractivity contribution in [2.24, 2.45) is 0 Å². The fourth-order valence-electron chi connectivity index (χ4n) is 3.17. The largest absolute Gasteiger partial charge is 0.497 e. The minimum atomic E-state index is 0.915. The number of benzene rings is 1. The van der Waals surface area contributed by atoms with Crippen LogP contribution in [0.2, 0.25) is 0 Å². The molecule has 3 rings (SSSR count). The zero-order valence-electron chi connectivity index (χ0n) is 14.1. The number of methoxy groups -OCH3 is 1. The number of aromatic nitrogens is 2. The summed E-state index contributed by atoms with van der Waals surface area (Å²) in [5, 5.41) is 0. The first-order chi connectivity index (χ1) is 11.3. The van der Waals surface area contributed by atoms with E-state index in [0.717, 1.165) is 45.0 Å². The number of hydrogen-bond donors (Lipinski definition) is 0. The van der Waals surface area contributed by atoms with Crippen LogP contribution in [0.1, 0.15) is 19.0 Å². The summed E-state index contributed by atoms with van der Waals surface area (Å²) in [7, 11) is 1.71. The zero-order valence-corrected chi connectivity index (χ0v) is 14.1. The van der Waals surface area contributed by atoms with Crippen molar-refractivity contribution in [2.75, 3.05) is 38.2 Å². The summed E-state index contributed by atoms with van der Waals surface area (Å²) in [5.74, 6) is 0.915. The molecule has 2 aromatic rings. The van der Waals surface area contributed by atoms with Gasteiger partial charge in [0.15, 0.2) is 0 Å². The molecule has 5 heteroatoms. The topological polar surface area (TPSA) is 33.5 Å². The lowest BCUT2D eigenvalue weighted by Crippen LogP contribution is -2.31. The zero-order chi connectivity index (χ0) is 16.1. The lowest BCUT2D eigenvalue weighted by molar-refractivity contribution is 0.278. The van der Waals surface area contributed by atoms with E-state index in [1.165, 1.54) is 17.8 Å². The molecule has 0 N–H and O–H groups in total. The van der Waals surface area contributed by atoms with Crippen molar-refractivity contribution >= 4 is 5.69 Å². The maximum atomic E-state index is 5.24. The van der Waals surface area contributed by atoms with E-state index in [2.05, 4.69) is 38.4 Å². The van der Waals surface area contributed by atoms with Gasteiger partial charge in [-0.1, -0.05) is 0 Å². The van der Waals surface area contributed by atoms with E-state index in [1.54, 1.807) is 7.11 Å². The SMILES string of the molecule is CCn1cncc1CN1CCCN(c2ccc(OC)cc2)CC1. The van der Waals surface area contributed by atoms with Crippen molar-refractivity contribution in [3.05, 3.63) is 42.5 Å². The molecule has 1 fully saturated rings. The first-order valence-corrected chi connectivity index (χ1v) is 8.40. The average Bonchev–Trinajstić information content (AvgIpc) is 2.91. The molecule has 1 aromatic carbocycles. The number of anilines is 1. The Morgan fingerprint density at radius 2 is 1.91 bits per heavy atom. The van der Waals surface area contributed by atoms with Crippen LogP contribution in [-0.4, -0.2) is 47.7 Å². The van der Waals surface area contributed by atoms with Gasteiger partial charge in [-0.25, -0.2) is 4.98 Å². The number of aryl methyl sites for hydroxylation is 1. The van der Waals surface area contributed by atoms with Gasteiger partial charge < -0.3 is 14.2 Å². The fraction of sp³-hybridized carbons (Fsp3) is 0.500. The summed E-state index contributed by atoms with van der Waals surface area (Å²) < 4.78 is 7.47. The lowest BCUT2D eigenvalue weighted by atomic mass is 10.2. The molecule has 0 spiro atoms. The number of imidazole rings is 1. The van der Waals surface area contributed by atoms with Gasteiger partial charge in [-0.2, -0.15) is 0 Å². The van der Waals surface area contributed by atoms with Crippen molar-refractivity contribution in [1.29, 1.82) is 0 Å². The van der Waals surface area contributed by atoms with Crippen molar-refractivity contribution in [1.82, 2.24) is 14.5 Å². The highest BCUT2D eigenvalue weighted by Crippen LogP contribution is 2.21. The molecule has 23 heavy (non-hydrogen) atoms.